The van der Waals surface area contributed by atoms with Gasteiger partial charge in [-0.1, -0.05) is 79.9 Å². The number of rotatable bonds is 9. The molecule has 1 fully saturated rings. The fourth-order valence-corrected chi connectivity index (χ4v) is 5.61. The number of ether oxygens (including phenoxy) is 1. The van der Waals surface area contributed by atoms with Crippen LogP contribution in [0.1, 0.15) is 55.6 Å². The van der Waals surface area contributed by atoms with Crippen molar-refractivity contribution in [1.29, 1.82) is 0 Å². The number of aliphatic hydroxyl groups is 1. The lowest BCUT2D eigenvalue weighted by Crippen LogP contribution is -2.47. The molecule has 4 rings (SSSR count). The van der Waals surface area contributed by atoms with Crippen LogP contribution in [0.25, 0.3) is 11.1 Å². The summed E-state index contributed by atoms with van der Waals surface area (Å²) < 4.78 is 5.81. The van der Waals surface area contributed by atoms with E-state index in [0.29, 0.717) is 12.3 Å². The van der Waals surface area contributed by atoms with Crippen LogP contribution in [-0.2, 0) is 0 Å². The Balaban J connectivity index is 1.90. The van der Waals surface area contributed by atoms with E-state index in [1.54, 1.807) is 7.11 Å². The lowest BCUT2D eigenvalue weighted by Gasteiger charge is -2.45. The maximum absolute atomic E-state index is 12.7. The molecular formula is C30H38N2O2. The molecule has 0 saturated heterocycles. The molecule has 2 aromatic carbocycles. The normalized spacial score (nSPS) is 17.3. The van der Waals surface area contributed by atoms with E-state index in [0.717, 1.165) is 41.6 Å². The summed E-state index contributed by atoms with van der Waals surface area (Å²) >= 11 is 0. The highest BCUT2D eigenvalue weighted by molar-refractivity contribution is 5.65. The third-order valence-corrected chi connectivity index (χ3v) is 7.39. The number of aromatic nitrogens is 1. The van der Waals surface area contributed by atoms with Crippen LogP contribution in [0.5, 0.6) is 5.88 Å². The van der Waals surface area contributed by atoms with Crippen molar-refractivity contribution < 1.29 is 9.84 Å². The van der Waals surface area contributed by atoms with Crippen LogP contribution in [0.2, 0.25) is 0 Å². The Hall–Kier alpha value is -2.69. The number of pyridine rings is 1. The van der Waals surface area contributed by atoms with E-state index in [4.69, 9.17) is 9.72 Å². The smallest absolute Gasteiger partial charge is 0.216 e. The molecule has 3 aromatic rings. The van der Waals surface area contributed by atoms with E-state index >= 15 is 0 Å². The van der Waals surface area contributed by atoms with Gasteiger partial charge in [0.25, 0.3) is 0 Å². The van der Waals surface area contributed by atoms with E-state index in [2.05, 4.69) is 61.5 Å². The van der Waals surface area contributed by atoms with Crippen LogP contribution < -0.4 is 4.74 Å². The highest BCUT2D eigenvalue weighted by Gasteiger charge is 2.46. The first-order valence-electron chi connectivity index (χ1n) is 12.5. The second-order valence-electron chi connectivity index (χ2n) is 9.91. The van der Waals surface area contributed by atoms with Crippen molar-refractivity contribution >= 4 is 0 Å². The van der Waals surface area contributed by atoms with Gasteiger partial charge in [0.05, 0.1) is 12.7 Å². The first kappa shape index (κ1) is 24.4. The maximum atomic E-state index is 12.7. The Morgan fingerprint density at radius 2 is 1.62 bits per heavy atom. The van der Waals surface area contributed by atoms with Crippen molar-refractivity contribution in [3.8, 4) is 17.0 Å². The van der Waals surface area contributed by atoms with Crippen LogP contribution in [0, 0.1) is 5.92 Å². The zero-order chi connectivity index (χ0) is 24.0. The van der Waals surface area contributed by atoms with Crippen molar-refractivity contribution in [3.63, 3.8) is 0 Å². The lowest BCUT2D eigenvalue weighted by atomic mass is 9.65. The summed E-state index contributed by atoms with van der Waals surface area (Å²) in [6, 6.07) is 23.0. The molecule has 1 N–H and O–H groups in total. The van der Waals surface area contributed by atoms with E-state index in [-0.39, 0.29) is 11.8 Å². The second kappa shape index (κ2) is 11.2. The number of methoxy groups -OCH3 is 1. The molecule has 0 bridgehead atoms. The summed E-state index contributed by atoms with van der Waals surface area (Å²) in [5, 5.41) is 12.7. The van der Waals surface area contributed by atoms with Gasteiger partial charge in [0, 0.05) is 29.8 Å². The lowest BCUT2D eigenvalue weighted by molar-refractivity contribution is -0.0577. The van der Waals surface area contributed by atoms with Crippen LogP contribution >= 0.6 is 0 Å². The Kier molecular flexibility index (Phi) is 8.02. The summed E-state index contributed by atoms with van der Waals surface area (Å²) in [5.74, 6) is 0.590. The van der Waals surface area contributed by atoms with Gasteiger partial charge in [0.2, 0.25) is 5.88 Å². The van der Waals surface area contributed by atoms with Gasteiger partial charge in [-0.25, -0.2) is 4.98 Å². The van der Waals surface area contributed by atoms with E-state index in [1.807, 2.05) is 30.5 Å². The fraction of sp³-hybridized carbons (Fsp3) is 0.433. The Labute approximate surface area is 204 Å². The van der Waals surface area contributed by atoms with E-state index in [9.17, 15) is 5.11 Å². The minimum atomic E-state index is -0.906. The van der Waals surface area contributed by atoms with Crippen molar-refractivity contribution in [1.82, 2.24) is 9.88 Å². The molecule has 4 heteroatoms. The van der Waals surface area contributed by atoms with E-state index < -0.39 is 5.60 Å². The summed E-state index contributed by atoms with van der Waals surface area (Å²) in [4.78, 5) is 6.90. The van der Waals surface area contributed by atoms with Crippen LogP contribution in [0.15, 0.2) is 72.9 Å². The predicted octanol–water partition coefficient (Wildman–Crippen LogP) is 6.15. The molecule has 0 radical (unpaired) electrons. The predicted molar refractivity (Wildman–Crippen MR) is 139 cm³/mol. The Morgan fingerprint density at radius 1 is 0.971 bits per heavy atom. The zero-order valence-corrected chi connectivity index (χ0v) is 20.8. The van der Waals surface area contributed by atoms with Gasteiger partial charge in [0.1, 0.15) is 0 Å². The van der Waals surface area contributed by atoms with Gasteiger partial charge in [0.15, 0.2) is 0 Å². The molecule has 1 heterocycles. The summed E-state index contributed by atoms with van der Waals surface area (Å²) in [7, 11) is 5.84. The zero-order valence-electron chi connectivity index (χ0n) is 20.8. The van der Waals surface area contributed by atoms with Crippen LogP contribution in [0.4, 0.5) is 0 Å². The SMILES string of the molecule is COc1ncc(-c2ccccc2)cc1C(c1ccccc1)C(O)(CCN(C)C)C1CCCCC1. The van der Waals surface area contributed by atoms with E-state index in [1.165, 1.54) is 19.3 Å². The van der Waals surface area contributed by atoms with Gasteiger partial charge < -0.3 is 14.7 Å². The molecule has 0 aliphatic heterocycles. The third kappa shape index (κ3) is 5.34. The molecule has 1 saturated carbocycles. The van der Waals surface area contributed by atoms with Gasteiger partial charge in [-0.05, 0) is 56.5 Å². The fourth-order valence-electron chi connectivity index (χ4n) is 5.61. The molecule has 4 nitrogen and oxygen atoms in total. The van der Waals surface area contributed by atoms with Crippen LogP contribution in [-0.4, -0.2) is 48.3 Å². The summed E-state index contributed by atoms with van der Waals surface area (Å²) in [6.07, 6.45) is 8.29. The minimum Gasteiger partial charge on any atom is -0.481 e. The molecule has 1 aliphatic rings. The first-order valence-corrected chi connectivity index (χ1v) is 12.5. The van der Waals surface area contributed by atoms with Crippen molar-refractivity contribution in [2.24, 2.45) is 5.92 Å². The van der Waals surface area contributed by atoms with Gasteiger partial charge >= 0.3 is 0 Å². The monoisotopic (exact) mass is 458 g/mol. The minimum absolute atomic E-state index is 0.233. The quantitative estimate of drug-likeness (QED) is 0.418. The molecule has 2 atom stereocenters. The number of hydrogen-bond acceptors (Lipinski definition) is 4. The van der Waals surface area contributed by atoms with Gasteiger partial charge in [-0.3, -0.25) is 0 Å². The maximum Gasteiger partial charge on any atom is 0.216 e. The van der Waals surface area contributed by atoms with Crippen molar-refractivity contribution in [3.05, 3.63) is 84.1 Å². The van der Waals surface area contributed by atoms with Crippen LogP contribution in [0.3, 0.4) is 0 Å². The number of hydrogen-bond donors (Lipinski definition) is 1. The largest absolute Gasteiger partial charge is 0.481 e. The molecule has 34 heavy (non-hydrogen) atoms. The number of benzene rings is 2. The molecule has 1 aliphatic carbocycles. The highest BCUT2D eigenvalue weighted by atomic mass is 16.5. The van der Waals surface area contributed by atoms with Crippen molar-refractivity contribution in [2.75, 3.05) is 27.7 Å². The standard InChI is InChI=1S/C30H38N2O2/c1-32(2)20-19-30(33,26-17-11-6-12-18-26)28(24-15-9-5-10-16-24)27-21-25(22-31-29(27)34-3)23-13-7-4-8-14-23/h4-5,7-10,13-16,21-22,26,28,33H,6,11-12,17-20H2,1-3H3. The molecule has 0 amide bonds. The molecule has 0 spiro atoms. The molecule has 180 valence electrons. The molecular weight excluding hydrogens is 420 g/mol. The van der Waals surface area contributed by atoms with Crippen molar-refractivity contribution in [2.45, 2.75) is 50.0 Å². The van der Waals surface area contributed by atoms with Gasteiger partial charge in [-0.15, -0.1) is 0 Å². The topological polar surface area (TPSA) is 45.6 Å². The second-order valence-corrected chi connectivity index (χ2v) is 9.91. The first-order chi connectivity index (χ1) is 16.5. The molecule has 1 aromatic heterocycles. The number of nitrogens with zero attached hydrogens (tertiary/aromatic N) is 2. The average Bonchev–Trinajstić information content (AvgIpc) is 2.89. The average molecular weight is 459 g/mol. The Morgan fingerprint density at radius 3 is 2.24 bits per heavy atom. The third-order valence-electron chi connectivity index (χ3n) is 7.39. The Bertz CT molecular complexity index is 1030. The van der Waals surface area contributed by atoms with Gasteiger partial charge in [-0.2, -0.15) is 0 Å². The molecule has 2 unspecified atom stereocenters. The summed E-state index contributed by atoms with van der Waals surface area (Å²) in [5.41, 5.74) is 3.31. The highest BCUT2D eigenvalue weighted by Crippen LogP contribution is 2.49. The summed E-state index contributed by atoms with van der Waals surface area (Å²) in [6.45, 7) is 0.824.